The average Bonchev–Trinajstić information content (AvgIpc) is 3.25. The SMILES string of the molecule is C[C@]12CC[C@@H]3c4ccc(OC(=O)c5ccncc5)cc4CC[C@H]3[C@@H]1CC[C@@H]2OC(=O)c1ccncc1. The van der Waals surface area contributed by atoms with E-state index >= 15 is 0 Å². The van der Waals surface area contributed by atoms with E-state index in [-0.39, 0.29) is 23.5 Å². The van der Waals surface area contributed by atoms with Gasteiger partial charge in [0.1, 0.15) is 11.9 Å². The Hall–Kier alpha value is -3.54. The van der Waals surface area contributed by atoms with Crippen molar-refractivity contribution < 1.29 is 19.1 Å². The summed E-state index contributed by atoms with van der Waals surface area (Å²) in [6, 6.07) is 12.9. The smallest absolute Gasteiger partial charge is 0.343 e. The third-order valence-corrected chi connectivity index (χ3v) is 8.90. The van der Waals surface area contributed by atoms with Crippen molar-refractivity contribution in [1.82, 2.24) is 9.97 Å². The standard InChI is InChI=1S/C30H30N2O4/c1-30-13-8-24-23-5-3-22(35-28(33)19-9-14-31-15-10-19)18-21(23)2-4-25(24)26(30)6-7-27(30)36-29(34)20-11-16-32-17-12-20/h3,5,9-12,14-18,24-27H,2,4,6-8,13H2,1H3/t24-,25-,26+,27+,30+/m1/s1. The molecule has 184 valence electrons. The van der Waals surface area contributed by atoms with Gasteiger partial charge < -0.3 is 9.47 Å². The quantitative estimate of drug-likeness (QED) is 0.347. The molecular weight excluding hydrogens is 452 g/mol. The Morgan fingerprint density at radius 3 is 2.28 bits per heavy atom. The van der Waals surface area contributed by atoms with E-state index in [0.29, 0.717) is 34.6 Å². The molecule has 2 aromatic heterocycles. The Labute approximate surface area is 211 Å². The van der Waals surface area contributed by atoms with Crippen LogP contribution in [0.15, 0.2) is 67.3 Å². The molecule has 0 spiro atoms. The highest BCUT2D eigenvalue weighted by atomic mass is 16.5. The van der Waals surface area contributed by atoms with Crippen LogP contribution in [-0.2, 0) is 11.2 Å². The van der Waals surface area contributed by atoms with Crippen molar-refractivity contribution in [3.8, 4) is 5.75 Å². The lowest BCUT2D eigenvalue weighted by Gasteiger charge is -2.50. The van der Waals surface area contributed by atoms with Gasteiger partial charge in [0.15, 0.2) is 0 Å². The number of hydrogen-bond donors (Lipinski definition) is 0. The van der Waals surface area contributed by atoms with Crippen LogP contribution in [0.2, 0.25) is 0 Å². The zero-order valence-corrected chi connectivity index (χ0v) is 20.4. The fourth-order valence-corrected chi connectivity index (χ4v) is 7.11. The van der Waals surface area contributed by atoms with Crippen LogP contribution in [0.4, 0.5) is 0 Å². The summed E-state index contributed by atoms with van der Waals surface area (Å²) in [6.45, 7) is 2.34. The Bertz CT molecular complexity index is 1280. The van der Waals surface area contributed by atoms with E-state index in [1.54, 1.807) is 49.1 Å². The van der Waals surface area contributed by atoms with Crippen LogP contribution in [0.3, 0.4) is 0 Å². The number of aryl methyl sites for hydroxylation is 1. The first-order valence-corrected chi connectivity index (χ1v) is 12.9. The highest BCUT2D eigenvalue weighted by molar-refractivity contribution is 5.91. The molecule has 2 fully saturated rings. The van der Waals surface area contributed by atoms with Gasteiger partial charge in [-0.25, -0.2) is 9.59 Å². The first kappa shape index (κ1) is 22.9. The van der Waals surface area contributed by atoms with Crippen LogP contribution in [0.1, 0.15) is 76.8 Å². The fourth-order valence-electron chi connectivity index (χ4n) is 7.11. The van der Waals surface area contributed by atoms with Crippen molar-refractivity contribution >= 4 is 11.9 Å². The average molecular weight is 483 g/mol. The summed E-state index contributed by atoms with van der Waals surface area (Å²) in [5.74, 6) is 1.63. The summed E-state index contributed by atoms with van der Waals surface area (Å²) in [5.41, 5.74) is 3.77. The number of hydrogen-bond acceptors (Lipinski definition) is 6. The second kappa shape index (κ2) is 9.16. The molecule has 6 nitrogen and oxygen atoms in total. The van der Waals surface area contributed by atoms with Crippen LogP contribution in [0.25, 0.3) is 0 Å². The molecule has 5 atom stereocenters. The largest absolute Gasteiger partial charge is 0.458 e. The predicted octanol–water partition coefficient (Wildman–Crippen LogP) is 5.78. The van der Waals surface area contributed by atoms with Gasteiger partial charge in [0, 0.05) is 30.2 Å². The fraction of sp³-hybridized carbons (Fsp3) is 0.400. The van der Waals surface area contributed by atoms with Gasteiger partial charge in [-0.15, -0.1) is 0 Å². The molecule has 0 unspecified atom stereocenters. The minimum absolute atomic E-state index is 0.0153. The van der Waals surface area contributed by atoms with Gasteiger partial charge in [0.25, 0.3) is 0 Å². The van der Waals surface area contributed by atoms with Gasteiger partial charge in [0.2, 0.25) is 0 Å². The third-order valence-electron chi connectivity index (χ3n) is 8.90. The summed E-state index contributed by atoms with van der Waals surface area (Å²) >= 11 is 0. The maximum absolute atomic E-state index is 12.8. The number of esters is 2. The number of carbonyl (C=O) groups is 2. The lowest BCUT2D eigenvalue weighted by molar-refractivity contribution is -0.0427. The molecule has 6 rings (SSSR count). The molecule has 0 aliphatic heterocycles. The molecule has 3 aromatic rings. The van der Waals surface area contributed by atoms with Gasteiger partial charge in [-0.2, -0.15) is 0 Å². The van der Waals surface area contributed by atoms with E-state index < -0.39 is 0 Å². The maximum atomic E-state index is 12.8. The van der Waals surface area contributed by atoms with Crippen LogP contribution in [-0.4, -0.2) is 28.0 Å². The molecule has 36 heavy (non-hydrogen) atoms. The van der Waals surface area contributed by atoms with Gasteiger partial charge in [-0.05, 0) is 104 Å². The topological polar surface area (TPSA) is 78.4 Å². The number of nitrogens with zero attached hydrogens (tertiary/aromatic N) is 2. The Morgan fingerprint density at radius 2 is 1.56 bits per heavy atom. The van der Waals surface area contributed by atoms with Crippen LogP contribution >= 0.6 is 0 Å². The molecule has 6 heteroatoms. The van der Waals surface area contributed by atoms with Crippen molar-refractivity contribution in [2.45, 2.75) is 57.5 Å². The second-order valence-corrected chi connectivity index (χ2v) is 10.7. The number of carbonyl (C=O) groups excluding carboxylic acids is 2. The molecule has 3 aliphatic rings. The van der Waals surface area contributed by atoms with Crippen LogP contribution in [0, 0.1) is 17.3 Å². The van der Waals surface area contributed by atoms with E-state index in [1.807, 2.05) is 12.1 Å². The highest BCUT2D eigenvalue weighted by Gasteiger charge is 2.56. The van der Waals surface area contributed by atoms with E-state index in [0.717, 1.165) is 38.5 Å². The Morgan fingerprint density at radius 1 is 0.861 bits per heavy atom. The molecule has 0 N–H and O–H groups in total. The van der Waals surface area contributed by atoms with Crippen molar-refractivity contribution in [3.63, 3.8) is 0 Å². The molecular formula is C30H30N2O4. The summed E-state index contributed by atoms with van der Waals surface area (Å²) < 4.78 is 11.7. The summed E-state index contributed by atoms with van der Waals surface area (Å²) in [6.07, 6.45) is 12.7. The molecule has 0 bridgehead atoms. The predicted molar refractivity (Wildman–Crippen MR) is 134 cm³/mol. The second-order valence-electron chi connectivity index (χ2n) is 10.7. The summed E-state index contributed by atoms with van der Waals surface area (Å²) in [4.78, 5) is 33.2. The van der Waals surface area contributed by atoms with Gasteiger partial charge in [-0.3, -0.25) is 9.97 Å². The summed E-state index contributed by atoms with van der Waals surface area (Å²) in [7, 11) is 0. The minimum Gasteiger partial charge on any atom is -0.458 e. The Kier molecular flexibility index (Phi) is 5.82. The zero-order valence-electron chi connectivity index (χ0n) is 20.4. The van der Waals surface area contributed by atoms with E-state index in [4.69, 9.17) is 9.47 Å². The van der Waals surface area contributed by atoms with Crippen molar-refractivity contribution in [2.75, 3.05) is 0 Å². The molecule has 0 amide bonds. The van der Waals surface area contributed by atoms with Crippen molar-refractivity contribution in [3.05, 3.63) is 89.5 Å². The van der Waals surface area contributed by atoms with E-state index in [2.05, 4.69) is 23.0 Å². The highest BCUT2D eigenvalue weighted by Crippen LogP contribution is 2.61. The number of pyridine rings is 2. The van der Waals surface area contributed by atoms with Crippen LogP contribution in [0.5, 0.6) is 5.75 Å². The van der Waals surface area contributed by atoms with Crippen molar-refractivity contribution in [1.29, 1.82) is 0 Å². The Balaban J connectivity index is 1.17. The van der Waals surface area contributed by atoms with Gasteiger partial charge >= 0.3 is 11.9 Å². The monoisotopic (exact) mass is 482 g/mol. The normalized spacial score (nSPS) is 28.4. The molecule has 0 radical (unpaired) electrons. The molecule has 0 saturated heterocycles. The van der Waals surface area contributed by atoms with Crippen LogP contribution < -0.4 is 4.74 Å². The molecule has 3 aliphatic carbocycles. The molecule has 2 heterocycles. The van der Waals surface area contributed by atoms with E-state index in [1.165, 1.54) is 11.1 Å². The number of fused-ring (bicyclic) bond motifs is 5. The first-order valence-electron chi connectivity index (χ1n) is 12.9. The first-order chi connectivity index (χ1) is 17.5. The minimum atomic E-state index is -0.363. The number of benzene rings is 1. The van der Waals surface area contributed by atoms with Gasteiger partial charge in [-0.1, -0.05) is 13.0 Å². The zero-order chi connectivity index (χ0) is 24.7. The lowest BCUT2D eigenvalue weighted by Crippen LogP contribution is -2.45. The summed E-state index contributed by atoms with van der Waals surface area (Å²) in [5, 5.41) is 0. The molecule has 1 aromatic carbocycles. The van der Waals surface area contributed by atoms with Gasteiger partial charge in [0.05, 0.1) is 11.1 Å². The van der Waals surface area contributed by atoms with E-state index in [9.17, 15) is 9.59 Å². The number of rotatable bonds is 4. The number of aromatic nitrogens is 2. The lowest BCUT2D eigenvalue weighted by atomic mass is 9.55. The third kappa shape index (κ3) is 3.98. The number of ether oxygens (including phenoxy) is 2. The molecule has 2 saturated carbocycles. The maximum Gasteiger partial charge on any atom is 0.343 e. The van der Waals surface area contributed by atoms with Crippen molar-refractivity contribution in [2.24, 2.45) is 17.3 Å².